The minimum absolute atomic E-state index is 0.0954. The first-order valence-corrected chi connectivity index (χ1v) is 12.5. The molecule has 0 saturated carbocycles. The molecule has 0 radical (unpaired) electrons. The van der Waals surface area contributed by atoms with Gasteiger partial charge in [-0.2, -0.15) is 0 Å². The van der Waals surface area contributed by atoms with E-state index in [4.69, 9.17) is 11.5 Å². The molecule has 0 aliphatic carbocycles. The van der Waals surface area contributed by atoms with E-state index in [-0.39, 0.29) is 35.7 Å². The third-order valence-corrected chi connectivity index (χ3v) is 7.07. The minimum Gasteiger partial charge on any atom is -0.365 e. The number of carbonyl (C=O) groups is 1. The summed E-state index contributed by atoms with van der Waals surface area (Å²) in [6.45, 7) is 4.69. The zero-order valence-corrected chi connectivity index (χ0v) is 21.7. The van der Waals surface area contributed by atoms with Gasteiger partial charge in [0.2, 0.25) is 0 Å². The predicted molar refractivity (Wildman–Crippen MR) is 146 cm³/mol. The molecule has 0 unspecified atom stereocenters. The largest absolute Gasteiger partial charge is 0.365 e. The Bertz CT molecular complexity index is 1770. The molecule has 4 N–H and O–H groups in total. The lowest BCUT2D eigenvalue weighted by Gasteiger charge is -2.33. The molecule has 1 aromatic carbocycles. The molecule has 4 aromatic rings. The van der Waals surface area contributed by atoms with Crippen LogP contribution in [0, 0.1) is 18.8 Å². The highest BCUT2D eigenvalue weighted by atomic mass is 16.2. The summed E-state index contributed by atoms with van der Waals surface area (Å²) in [5.74, 6) is 5.93. The molecule has 4 heterocycles. The van der Waals surface area contributed by atoms with Crippen molar-refractivity contribution in [3.05, 3.63) is 62.2 Å². The number of nitrogens with two attached hydrogens (primary N) is 2. The first-order chi connectivity index (χ1) is 18.2. The van der Waals surface area contributed by atoms with Crippen LogP contribution in [0.15, 0.2) is 33.9 Å². The molecule has 1 amide bonds. The number of nitrogens with zero attached hydrogens (tertiary/aromatic N) is 6. The molecule has 11 nitrogen and oxygen atoms in total. The van der Waals surface area contributed by atoms with Crippen molar-refractivity contribution in [2.75, 3.05) is 18.0 Å². The van der Waals surface area contributed by atoms with E-state index in [2.05, 4.69) is 21.8 Å². The first kappa shape index (κ1) is 25.2. The van der Waals surface area contributed by atoms with E-state index in [9.17, 15) is 14.4 Å². The summed E-state index contributed by atoms with van der Waals surface area (Å²) in [6.07, 6.45) is 1.68. The maximum atomic E-state index is 14.0. The van der Waals surface area contributed by atoms with E-state index in [0.29, 0.717) is 24.7 Å². The number of para-hydroxylation sites is 1. The molecule has 5 rings (SSSR count). The van der Waals surface area contributed by atoms with Crippen LogP contribution in [0.5, 0.6) is 0 Å². The quantitative estimate of drug-likeness (QED) is 0.375. The van der Waals surface area contributed by atoms with Crippen molar-refractivity contribution in [3.8, 4) is 11.8 Å². The van der Waals surface area contributed by atoms with Gasteiger partial charge in [0.25, 0.3) is 11.5 Å². The van der Waals surface area contributed by atoms with E-state index in [1.165, 1.54) is 11.6 Å². The molecular weight excluding hydrogens is 484 g/mol. The summed E-state index contributed by atoms with van der Waals surface area (Å²) >= 11 is 0. The molecule has 3 aromatic heterocycles. The van der Waals surface area contributed by atoms with Crippen LogP contribution >= 0.6 is 0 Å². The number of carbonyl (C=O) groups excluding carboxylic acids is 1. The number of hydrogen-bond acceptors (Lipinski definition) is 7. The summed E-state index contributed by atoms with van der Waals surface area (Å²) in [4.78, 5) is 51.5. The van der Waals surface area contributed by atoms with Gasteiger partial charge in [0, 0.05) is 37.3 Å². The van der Waals surface area contributed by atoms with Crippen LogP contribution in [0.4, 0.5) is 5.82 Å². The van der Waals surface area contributed by atoms with E-state index in [1.54, 1.807) is 11.5 Å². The zero-order chi connectivity index (χ0) is 27.1. The van der Waals surface area contributed by atoms with Gasteiger partial charge >= 0.3 is 5.69 Å². The Labute approximate surface area is 218 Å². The minimum atomic E-state index is -0.729. The fourth-order valence-electron chi connectivity index (χ4n) is 5.34. The highest BCUT2D eigenvalue weighted by Gasteiger charge is 2.32. The van der Waals surface area contributed by atoms with E-state index in [0.717, 1.165) is 34.0 Å². The van der Waals surface area contributed by atoms with Crippen molar-refractivity contribution < 1.29 is 4.79 Å². The van der Waals surface area contributed by atoms with E-state index < -0.39 is 17.2 Å². The Balaban J connectivity index is 1.79. The van der Waals surface area contributed by atoms with Crippen LogP contribution in [0.25, 0.3) is 21.9 Å². The number of fused-ring (bicyclic) bond motifs is 2. The second kappa shape index (κ2) is 9.79. The summed E-state index contributed by atoms with van der Waals surface area (Å²) in [6, 6.07) is 7.47. The fourth-order valence-corrected chi connectivity index (χ4v) is 5.34. The topological polar surface area (TPSA) is 147 Å². The molecule has 1 saturated heterocycles. The lowest BCUT2D eigenvalue weighted by Crippen LogP contribution is -2.44. The Hall–Kier alpha value is -4.43. The van der Waals surface area contributed by atoms with Gasteiger partial charge in [-0.3, -0.25) is 18.7 Å². The van der Waals surface area contributed by atoms with Crippen LogP contribution in [-0.2, 0) is 20.1 Å². The smallest absolute Gasteiger partial charge is 0.331 e. The van der Waals surface area contributed by atoms with Gasteiger partial charge in [0.05, 0.1) is 24.1 Å². The monoisotopic (exact) mass is 514 g/mol. The summed E-state index contributed by atoms with van der Waals surface area (Å²) in [5, 5.41) is 0.898. The number of hydrogen-bond donors (Lipinski definition) is 2. The van der Waals surface area contributed by atoms with Crippen LogP contribution in [-0.4, -0.2) is 48.7 Å². The number of rotatable bonds is 5. The fraction of sp³-hybridized carbons (Fsp3) is 0.370. The SMILES string of the molecule is CC#CCn1c(N2CCC[C@@H](N)C2)c(C(N)=O)c2c1c(=O)n(Cc1nc(C)c3ccccc3n1)c(=O)n2C. The molecule has 196 valence electrons. The second-order valence-corrected chi connectivity index (χ2v) is 9.60. The van der Waals surface area contributed by atoms with Crippen molar-refractivity contribution >= 4 is 33.7 Å². The maximum absolute atomic E-state index is 14.0. The normalized spacial score (nSPS) is 15.6. The van der Waals surface area contributed by atoms with Crippen molar-refractivity contribution in [2.45, 2.75) is 45.8 Å². The van der Waals surface area contributed by atoms with Gasteiger partial charge < -0.3 is 20.9 Å². The summed E-state index contributed by atoms with van der Waals surface area (Å²) in [7, 11) is 1.53. The van der Waals surface area contributed by atoms with Crippen molar-refractivity contribution in [2.24, 2.45) is 18.5 Å². The summed E-state index contributed by atoms with van der Waals surface area (Å²) in [5.41, 5.74) is 12.9. The maximum Gasteiger partial charge on any atom is 0.331 e. The molecule has 1 atom stereocenters. The van der Waals surface area contributed by atoms with Crippen LogP contribution in [0.2, 0.25) is 0 Å². The molecule has 38 heavy (non-hydrogen) atoms. The summed E-state index contributed by atoms with van der Waals surface area (Å²) < 4.78 is 4.08. The molecule has 1 aliphatic rings. The standard InChI is InChI=1S/C27H30N8O3/c1-4-5-13-34-23-22(21(24(29)36)25(34)33-12-8-9-17(28)14-33)32(3)27(38)35(26(23)37)15-20-30-16(2)18-10-6-7-11-19(18)31-20/h6-7,10-11,17H,8-9,12-15,28H2,1-3H3,(H2,29,36)/t17-/m1/s1. The van der Waals surface area contributed by atoms with Crippen LogP contribution in [0.1, 0.15) is 41.6 Å². The van der Waals surface area contributed by atoms with Crippen molar-refractivity contribution in [3.63, 3.8) is 0 Å². The van der Waals surface area contributed by atoms with E-state index in [1.807, 2.05) is 36.1 Å². The van der Waals surface area contributed by atoms with Gasteiger partial charge in [0.1, 0.15) is 22.7 Å². The molecule has 1 fully saturated rings. The third kappa shape index (κ3) is 4.13. The molecule has 11 heteroatoms. The Morgan fingerprint density at radius 2 is 1.92 bits per heavy atom. The molecule has 0 bridgehead atoms. The van der Waals surface area contributed by atoms with Gasteiger partial charge in [0.15, 0.2) is 0 Å². The van der Waals surface area contributed by atoms with E-state index >= 15 is 0 Å². The van der Waals surface area contributed by atoms with Gasteiger partial charge in [-0.05, 0) is 32.8 Å². The van der Waals surface area contributed by atoms with Gasteiger partial charge in [-0.25, -0.2) is 14.8 Å². The lowest BCUT2D eigenvalue weighted by molar-refractivity contribution is 0.100. The zero-order valence-electron chi connectivity index (χ0n) is 21.7. The van der Waals surface area contributed by atoms with Gasteiger partial charge in [-0.1, -0.05) is 24.1 Å². The van der Waals surface area contributed by atoms with Crippen LogP contribution < -0.4 is 27.6 Å². The number of piperidine rings is 1. The number of amides is 1. The Kier molecular flexibility index (Phi) is 6.50. The number of benzene rings is 1. The van der Waals surface area contributed by atoms with Crippen molar-refractivity contribution in [1.82, 2.24) is 23.7 Å². The van der Waals surface area contributed by atoms with Crippen molar-refractivity contribution in [1.29, 1.82) is 0 Å². The van der Waals surface area contributed by atoms with Gasteiger partial charge in [-0.15, -0.1) is 5.92 Å². The first-order valence-electron chi connectivity index (χ1n) is 12.5. The number of aryl methyl sites for hydroxylation is 2. The molecule has 0 spiro atoms. The molecule has 1 aliphatic heterocycles. The molecular formula is C27H30N8O3. The Morgan fingerprint density at radius 3 is 2.63 bits per heavy atom. The highest BCUT2D eigenvalue weighted by molar-refractivity contribution is 6.10. The highest BCUT2D eigenvalue weighted by Crippen LogP contribution is 2.32. The average Bonchev–Trinajstić information content (AvgIpc) is 3.24. The van der Waals surface area contributed by atoms with Crippen LogP contribution in [0.3, 0.4) is 0 Å². The number of primary amides is 1. The number of anilines is 1. The Morgan fingerprint density at radius 1 is 1.16 bits per heavy atom. The average molecular weight is 515 g/mol. The number of aromatic nitrogens is 5. The third-order valence-electron chi connectivity index (χ3n) is 7.07. The lowest BCUT2D eigenvalue weighted by atomic mass is 10.1. The predicted octanol–water partition coefficient (Wildman–Crippen LogP) is 0.851. The second-order valence-electron chi connectivity index (χ2n) is 9.60.